The number of amides is 6. The molecule has 6 rings (SSSR count). The Bertz CT molecular complexity index is 1970. The van der Waals surface area contributed by atoms with Gasteiger partial charge >= 0.3 is 0 Å². The summed E-state index contributed by atoms with van der Waals surface area (Å²) in [5.74, 6) is -3.24. The second-order valence-electron chi connectivity index (χ2n) is 14.2. The number of phenols is 1. The Hall–Kier alpha value is -6.16. The first-order valence-corrected chi connectivity index (χ1v) is 18.1. The molecule has 3 aromatic rings. The number of carbonyl (C=O) groups excluding carboxylic acids is 6. The number of phenolic OH excluding ortho intramolecular Hbond substituents is 1. The van der Waals surface area contributed by atoms with Crippen LogP contribution in [0.4, 0.5) is 0 Å². The monoisotopic (exact) mass is 772 g/mol. The Morgan fingerprint density at radius 2 is 1.30 bits per heavy atom. The molecule has 16 nitrogen and oxygen atoms in total. The highest BCUT2D eigenvalue weighted by molar-refractivity contribution is 5.98. The van der Waals surface area contributed by atoms with E-state index in [1.807, 2.05) is 0 Å². The van der Waals surface area contributed by atoms with Crippen molar-refractivity contribution < 1.29 is 48.5 Å². The number of methoxy groups -OCH3 is 1. The van der Waals surface area contributed by atoms with E-state index in [4.69, 9.17) is 9.47 Å². The molecule has 5 N–H and O–H groups in total. The fourth-order valence-electron chi connectivity index (χ4n) is 6.78. The average molecular weight is 773 g/mol. The molecular formula is C40H48N6O10. The molecule has 0 spiro atoms. The summed E-state index contributed by atoms with van der Waals surface area (Å²) in [6.07, 6.45) is -1.74. The summed E-state index contributed by atoms with van der Waals surface area (Å²) < 4.78 is 11.6. The Morgan fingerprint density at radius 3 is 1.93 bits per heavy atom. The van der Waals surface area contributed by atoms with Crippen molar-refractivity contribution in [2.45, 2.75) is 76.0 Å². The van der Waals surface area contributed by atoms with Crippen LogP contribution in [0.15, 0.2) is 66.7 Å². The van der Waals surface area contributed by atoms with E-state index in [1.165, 1.54) is 73.3 Å². The second-order valence-corrected chi connectivity index (χ2v) is 14.2. The molecule has 298 valence electrons. The molecule has 0 aromatic heterocycles. The first-order chi connectivity index (χ1) is 26.5. The third kappa shape index (κ3) is 8.86. The molecule has 56 heavy (non-hydrogen) atoms. The van der Waals surface area contributed by atoms with Crippen LogP contribution in [0.25, 0.3) is 0 Å². The highest BCUT2D eigenvalue weighted by Gasteiger charge is 2.42. The minimum absolute atomic E-state index is 0.00207. The summed E-state index contributed by atoms with van der Waals surface area (Å²) >= 11 is 0. The number of hydrogen-bond acceptors (Lipinski definition) is 10. The van der Waals surface area contributed by atoms with E-state index in [0.717, 1.165) is 14.7 Å². The fourth-order valence-corrected chi connectivity index (χ4v) is 6.78. The first kappa shape index (κ1) is 41.0. The number of likely N-dealkylation sites (N-methyl/N-ethyl adjacent to an activating group) is 3. The van der Waals surface area contributed by atoms with Gasteiger partial charge in [-0.25, -0.2) is 0 Å². The topological polar surface area (TPSA) is 207 Å². The lowest BCUT2D eigenvalue weighted by Crippen LogP contribution is -2.62. The lowest BCUT2D eigenvalue weighted by atomic mass is 9.96. The SMILES string of the molecule is COc1ccc2cc1Oc1ccc(cc1)[C@H](O)[C@H]1C(=O)N(C)[C@@H](C2)C(=O)N[C@H](C)C(=O)N[C@@H](C)C(=O)N(C)[C@@H](Cc2ccc(O)cc2)C(=O)N[C@@H](C)C(=O)N1C. The van der Waals surface area contributed by atoms with Crippen LogP contribution in [0.3, 0.4) is 0 Å². The number of ether oxygens (including phenoxy) is 2. The number of hydrogen-bond donors (Lipinski definition) is 5. The molecule has 0 saturated carbocycles. The lowest BCUT2D eigenvalue weighted by Gasteiger charge is -2.38. The van der Waals surface area contributed by atoms with Gasteiger partial charge in [-0.2, -0.15) is 0 Å². The van der Waals surface area contributed by atoms with Crippen LogP contribution in [-0.2, 0) is 41.6 Å². The molecule has 3 aliphatic heterocycles. The summed E-state index contributed by atoms with van der Waals surface area (Å²) in [4.78, 5) is 87.5. The minimum Gasteiger partial charge on any atom is -0.508 e. The maximum Gasteiger partial charge on any atom is 0.248 e. The van der Waals surface area contributed by atoms with Gasteiger partial charge in [0, 0.05) is 34.0 Å². The highest BCUT2D eigenvalue weighted by Crippen LogP contribution is 2.35. The van der Waals surface area contributed by atoms with Gasteiger partial charge in [-0.3, -0.25) is 28.8 Å². The molecular weight excluding hydrogens is 724 g/mol. The van der Waals surface area contributed by atoms with Gasteiger partial charge in [0.15, 0.2) is 11.5 Å². The van der Waals surface area contributed by atoms with Crippen molar-refractivity contribution in [2.24, 2.45) is 0 Å². The molecule has 0 aliphatic carbocycles. The van der Waals surface area contributed by atoms with E-state index in [-0.39, 0.29) is 24.2 Å². The molecule has 1 fully saturated rings. The fraction of sp³-hybridized carbons (Fsp3) is 0.400. The van der Waals surface area contributed by atoms with Crippen molar-refractivity contribution in [1.29, 1.82) is 0 Å². The van der Waals surface area contributed by atoms with E-state index in [2.05, 4.69) is 16.0 Å². The van der Waals surface area contributed by atoms with Crippen LogP contribution in [-0.4, -0.2) is 125 Å². The van der Waals surface area contributed by atoms with Gasteiger partial charge in [-0.15, -0.1) is 0 Å². The number of benzene rings is 3. The van der Waals surface area contributed by atoms with Crippen LogP contribution in [0.1, 0.15) is 43.6 Å². The zero-order valence-corrected chi connectivity index (χ0v) is 32.3. The summed E-state index contributed by atoms with van der Waals surface area (Å²) in [5, 5.41) is 29.6. The maximum atomic E-state index is 14.7. The number of nitrogens with zero attached hydrogens (tertiary/aromatic N) is 3. The molecule has 0 radical (unpaired) electrons. The Balaban J connectivity index is 1.61. The molecule has 1 saturated heterocycles. The average Bonchev–Trinajstić information content (AvgIpc) is 3.17. The van der Waals surface area contributed by atoms with Gasteiger partial charge in [0.1, 0.15) is 53.9 Å². The molecule has 0 unspecified atom stereocenters. The van der Waals surface area contributed by atoms with Gasteiger partial charge in [-0.1, -0.05) is 30.3 Å². The van der Waals surface area contributed by atoms with Crippen molar-refractivity contribution in [2.75, 3.05) is 28.3 Å². The van der Waals surface area contributed by atoms with Crippen molar-refractivity contribution in [3.63, 3.8) is 0 Å². The molecule has 3 heterocycles. The predicted octanol–water partition coefficient (Wildman–Crippen LogP) is 1.03. The number of carbonyl (C=O) groups is 6. The van der Waals surface area contributed by atoms with E-state index in [9.17, 15) is 39.0 Å². The van der Waals surface area contributed by atoms with E-state index < -0.39 is 77.8 Å². The Labute approximate surface area is 324 Å². The van der Waals surface area contributed by atoms with Gasteiger partial charge in [0.05, 0.1) is 7.11 Å². The smallest absolute Gasteiger partial charge is 0.248 e. The van der Waals surface area contributed by atoms with Crippen LogP contribution in [0.5, 0.6) is 23.0 Å². The molecule has 6 amide bonds. The number of aliphatic hydroxyl groups excluding tert-OH is 1. The van der Waals surface area contributed by atoms with E-state index >= 15 is 0 Å². The van der Waals surface area contributed by atoms with Crippen molar-refractivity contribution >= 4 is 35.4 Å². The van der Waals surface area contributed by atoms with Crippen molar-refractivity contribution in [1.82, 2.24) is 30.7 Å². The number of aliphatic hydroxyl groups is 1. The summed E-state index contributed by atoms with van der Waals surface area (Å²) in [7, 11) is 5.54. The van der Waals surface area contributed by atoms with Gasteiger partial charge in [0.25, 0.3) is 0 Å². The van der Waals surface area contributed by atoms with Crippen molar-refractivity contribution in [3.05, 3.63) is 83.4 Å². The first-order valence-electron chi connectivity index (χ1n) is 18.1. The quantitative estimate of drug-likeness (QED) is 0.256. The number of aromatic hydroxyl groups is 1. The Morgan fingerprint density at radius 1 is 0.714 bits per heavy atom. The second kappa shape index (κ2) is 17.1. The number of fused-ring (bicyclic) bond motifs is 2. The largest absolute Gasteiger partial charge is 0.508 e. The molecule has 3 aromatic carbocycles. The minimum atomic E-state index is -1.63. The van der Waals surface area contributed by atoms with Crippen LogP contribution >= 0.6 is 0 Å². The van der Waals surface area contributed by atoms with Crippen LogP contribution < -0.4 is 25.4 Å². The van der Waals surface area contributed by atoms with E-state index in [0.29, 0.717) is 28.4 Å². The normalized spacial score (nSPS) is 25.7. The van der Waals surface area contributed by atoms with Crippen LogP contribution in [0.2, 0.25) is 0 Å². The third-order valence-electron chi connectivity index (χ3n) is 10.2. The molecule has 6 bridgehead atoms. The van der Waals surface area contributed by atoms with Crippen LogP contribution in [0, 0.1) is 0 Å². The summed E-state index contributed by atoms with van der Waals surface area (Å²) in [6.45, 7) is 4.26. The van der Waals surface area contributed by atoms with Gasteiger partial charge in [-0.05, 0) is 73.9 Å². The summed E-state index contributed by atoms with van der Waals surface area (Å²) in [5.41, 5.74) is 1.38. The third-order valence-corrected chi connectivity index (χ3v) is 10.2. The number of rotatable bonds is 3. The van der Waals surface area contributed by atoms with Gasteiger partial charge < -0.3 is 50.3 Å². The van der Waals surface area contributed by atoms with E-state index in [1.54, 1.807) is 42.5 Å². The number of nitrogens with one attached hydrogen (secondary N) is 3. The van der Waals surface area contributed by atoms with Crippen molar-refractivity contribution in [3.8, 4) is 23.0 Å². The van der Waals surface area contributed by atoms with Gasteiger partial charge in [0.2, 0.25) is 35.4 Å². The summed E-state index contributed by atoms with van der Waals surface area (Å²) in [6, 6.07) is 9.57. The predicted molar refractivity (Wildman–Crippen MR) is 202 cm³/mol. The molecule has 16 heteroatoms. The molecule has 3 aliphatic rings. The lowest BCUT2D eigenvalue weighted by molar-refractivity contribution is -0.153. The zero-order valence-electron chi connectivity index (χ0n) is 32.3. The molecule has 7 atom stereocenters. The highest BCUT2D eigenvalue weighted by atomic mass is 16.5. The maximum absolute atomic E-state index is 14.7. The standard InChI is InChI=1S/C40H48N6O10/c1-21-35(49)42-22(2)38(52)44(4)29(18-24-8-13-27(47)14-9-24)37(51)43-23(3)39(53)46(6)33-34(48)26-11-15-28(16-12-26)56-32-20-25(10-17-31(32)55-7)19-30(36(50)41-21)45(5)40(33)54/h8-17,20-23,29-30,33-34,47-48H,18-19H2,1-7H3,(H,41,50)(H,42,49)(H,43,51)/t21-,22+,23+,29+,30+,33+,34+/m1/s1. The zero-order chi connectivity index (χ0) is 41.0. The Kier molecular flexibility index (Phi) is 12.5.